The molecule has 1 N–H and O–H groups in total. The van der Waals surface area contributed by atoms with E-state index >= 15 is 0 Å². The molecule has 1 fully saturated rings. The van der Waals surface area contributed by atoms with E-state index in [-0.39, 0.29) is 29.6 Å². The van der Waals surface area contributed by atoms with Crippen LogP contribution in [0.1, 0.15) is 44.7 Å². The first-order valence-electron chi connectivity index (χ1n) is 8.93. The van der Waals surface area contributed by atoms with Gasteiger partial charge in [0.1, 0.15) is 0 Å². The van der Waals surface area contributed by atoms with E-state index in [1.54, 1.807) is 0 Å². The van der Waals surface area contributed by atoms with Crippen LogP contribution in [0.5, 0.6) is 0 Å². The molecule has 0 radical (unpaired) electrons. The quantitative estimate of drug-likeness (QED) is 0.902. The number of aryl methyl sites for hydroxylation is 1. The smallest absolute Gasteiger partial charge is 0.225 e. The van der Waals surface area contributed by atoms with Crippen LogP contribution in [0.4, 0.5) is 0 Å². The van der Waals surface area contributed by atoms with Crippen molar-refractivity contribution in [3.05, 3.63) is 35.4 Å². The van der Waals surface area contributed by atoms with Crippen molar-refractivity contribution < 1.29 is 9.59 Å². The second-order valence-electron chi connectivity index (χ2n) is 7.61. The summed E-state index contributed by atoms with van der Waals surface area (Å²) in [6.45, 7) is 11.9. The fourth-order valence-corrected chi connectivity index (χ4v) is 3.37. The first-order valence-corrected chi connectivity index (χ1v) is 8.93. The lowest BCUT2D eigenvalue weighted by atomic mass is 9.86. The molecule has 2 amide bonds. The Kier molecular flexibility index (Phi) is 6.03. The molecular weight excluding hydrogens is 300 g/mol. The number of benzene rings is 1. The van der Waals surface area contributed by atoms with Crippen LogP contribution < -0.4 is 5.32 Å². The Hall–Kier alpha value is -1.84. The van der Waals surface area contributed by atoms with Crippen molar-refractivity contribution in [2.45, 2.75) is 40.5 Å². The molecule has 0 bridgehead atoms. The van der Waals surface area contributed by atoms with Crippen molar-refractivity contribution in [1.82, 2.24) is 10.2 Å². The minimum Gasteiger partial charge on any atom is -0.356 e. The Balaban J connectivity index is 2.24. The molecule has 4 nitrogen and oxygen atoms in total. The highest BCUT2D eigenvalue weighted by atomic mass is 16.2. The SMILES string of the molecule is Cc1ccccc1[C@H]1CN(C(=O)C(C)C)C[C@@H]1C(=O)NCC(C)C. The van der Waals surface area contributed by atoms with Crippen molar-refractivity contribution in [2.24, 2.45) is 17.8 Å². The lowest BCUT2D eigenvalue weighted by molar-refractivity contribution is -0.133. The van der Waals surface area contributed by atoms with E-state index in [0.29, 0.717) is 25.6 Å². The summed E-state index contributed by atoms with van der Waals surface area (Å²) >= 11 is 0. The van der Waals surface area contributed by atoms with Gasteiger partial charge >= 0.3 is 0 Å². The van der Waals surface area contributed by atoms with Gasteiger partial charge in [-0.15, -0.1) is 0 Å². The molecule has 24 heavy (non-hydrogen) atoms. The van der Waals surface area contributed by atoms with Gasteiger partial charge in [-0.1, -0.05) is 52.0 Å². The Bertz CT molecular complexity index is 595. The van der Waals surface area contributed by atoms with E-state index in [9.17, 15) is 9.59 Å². The second kappa shape index (κ2) is 7.82. The van der Waals surface area contributed by atoms with Crippen LogP contribution >= 0.6 is 0 Å². The molecule has 1 aromatic carbocycles. The van der Waals surface area contributed by atoms with Gasteiger partial charge in [-0.05, 0) is 24.0 Å². The lowest BCUT2D eigenvalue weighted by Gasteiger charge is -2.20. The van der Waals surface area contributed by atoms with Crippen LogP contribution in [0.25, 0.3) is 0 Å². The fraction of sp³-hybridized carbons (Fsp3) is 0.600. The monoisotopic (exact) mass is 330 g/mol. The summed E-state index contributed by atoms with van der Waals surface area (Å²) in [6.07, 6.45) is 0. The predicted octanol–water partition coefficient (Wildman–Crippen LogP) is 2.97. The number of likely N-dealkylation sites (tertiary alicyclic amines) is 1. The molecule has 0 aliphatic carbocycles. The zero-order chi connectivity index (χ0) is 17.9. The number of nitrogens with one attached hydrogen (secondary N) is 1. The normalized spacial score (nSPS) is 20.7. The largest absolute Gasteiger partial charge is 0.356 e. The van der Waals surface area contributed by atoms with Gasteiger partial charge in [0.2, 0.25) is 11.8 Å². The molecule has 1 aromatic rings. The fourth-order valence-electron chi connectivity index (χ4n) is 3.37. The maximum atomic E-state index is 12.7. The molecule has 4 heteroatoms. The number of carbonyl (C=O) groups is 2. The molecule has 1 aliphatic heterocycles. The predicted molar refractivity (Wildman–Crippen MR) is 96.7 cm³/mol. The molecule has 0 saturated carbocycles. The minimum atomic E-state index is -0.174. The summed E-state index contributed by atoms with van der Waals surface area (Å²) < 4.78 is 0. The maximum absolute atomic E-state index is 12.7. The van der Waals surface area contributed by atoms with E-state index in [1.807, 2.05) is 30.9 Å². The van der Waals surface area contributed by atoms with Crippen molar-refractivity contribution in [3.63, 3.8) is 0 Å². The van der Waals surface area contributed by atoms with Crippen molar-refractivity contribution in [3.8, 4) is 0 Å². The summed E-state index contributed by atoms with van der Waals surface area (Å²) in [7, 11) is 0. The highest BCUT2D eigenvalue weighted by Crippen LogP contribution is 2.35. The van der Waals surface area contributed by atoms with Crippen LogP contribution in [-0.2, 0) is 9.59 Å². The van der Waals surface area contributed by atoms with E-state index in [2.05, 4.69) is 38.2 Å². The highest BCUT2D eigenvalue weighted by molar-refractivity contribution is 5.84. The Labute approximate surface area is 145 Å². The summed E-state index contributed by atoms with van der Waals surface area (Å²) in [4.78, 5) is 27.0. The van der Waals surface area contributed by atoms with Gasteiger partial charge in [0, 0.05) is 31.5 Å². The molecule has 132 valence electrons. The highest BCUT2D eigenvalue weighted by Gasteiger charge is 2.41. The van der Waals surface area contributed by atoms with E-state index in [1.165, 1.54) is 11.1 Å². The first-order chi connectivity index (χ1) is 11.3. The van der Waals surface area contributed by atoms with Gasteiger partial charge in [0.05, 0.1) is 5.92 Å². The van der Waals surface area contributed by atoms with E-state index in [0.717, 1.165) is 0 Å². The van der Waals surface area contributed by atoms with Gasteiger partial charge in [0.25, 0.3) is 0 Å². The van der Waals surface area contributed by atoms with Gasteiger partial charge in [-0.2, -0.15) is 0 Å². The first kappa shape index (κ1) is 18.5. The van der Waals surface area contributed by atoms with Crippen molar-refractivity contribution >= 4 is 11.8 Å². The molecule has 0 unspecified atom stereocenters. The number of hydrogen-bond donors (Lipinski definition) is 1. The summed E-state index contributed by atoms with van der Waals surface area (Å²) in [5, 5.41) is 3.06. The van der Waals surface area contributed by atoms with Crippen LogP contribution in [0, 0.1) is 24.7 Å². The van der Waals surface area contributed by atoms with Gasteiger partial charge < -0.3 is 10.2 Å². The molecule has 1 heterocycles. The number of nitrogens with zero attached hydrogens (tertiary/aromatic N) is 1. The third kappa shape index (κ3) is 4.16. The van der Waals surface area contributed by atoms with Crippen LogP contribution in [-0.4, -0.2) is 36.3 Å². The van der Waals surface area contributed by atoms with Gasteiger partial charge in [-0.3, -0.25) is 9.59 Å². The summed E-state index contributed by atoms with van der Waals surface area (Å²) in [5.74, 6) is 0.470. The molecular formula is C20H30N2O2. The average Bonchev–Trinajstić information content (AvgIpc) is 2.97. The van der Waals surface area contributed by atoms with Gasteiger partial charge in [-0.25, -0.2) is 0 Å². The van der Waals surface area contributed by atoms with E-state index in [4.69, 9.17) is 0 Å². The number of rotatable bonds is 5. The third-order valence-electron chi connectivity index (χ3n) is 4.73. The van der Waals surface area contributed by atoms with E-state index < -0.39 is 0 Å². The van der Waals surface area contributed by atoms with Crippen molar-refractivity contribution in [1.29, 1.82) is 0 Å². The maximum Gasteiger partial charge on any atom is 0.225 e. The second-order valence-corrected chi connectivity index (χ2v) is 7.61. The Morgan fingerprint density at radius 1 is 1.17 bits per heavy atom. The zero-order valence-corrected chi connectivity index (χ0v) is 15.5. The third-order valence-corrected chi connectivity index (χ3v) is 4.73. The number of amides is 2. The Morgan fingerprint density at radius 3 is 2.42 bits per heavy atom. The molecule has 1 saturated heterocycles. The average molecular weight is 330 g/mol. The van der Waals surface area contributed by atoms with Crippen molar-refractivity contribution in [2.75, 3.05) is 19.6 Å². The summed E-state index contributed by atoms with van der Waals surface area (Å²) in [6, 6.07) is 8.19. The van der Waals surface area contributed by atoms with Crippen LogP contribution in [0.15, 0.2) is 24.3 Å². The molecule has 2 rings (SSSR count). The van der Waals surface area contributed by atoms with Crippen LogP contribution in [0.3, 0.4) is 0 Å². The topological polar surface area (TPSA) is 49.4 Å². The summed E-state index contributed by atoms with van der Waals surface area (Å²) in [5.41, 5.74) is 2.37. The Morgan fingerprint density at radius 2 is 1.83 bits per heavy atom. The zero-order valence-electron chi connectivity index (χ0n) is 15.5. The minimum absolute atomic E-state index is 0.0417. The lowest BCUT2D eigenvalue weighted by Crippen LogP contribution is -2.37. The number of hydrogen-bond acceptors (Lipinski definition) is 2. The number of carbonyl (C=O) groups excluding carboxylic acids is 2. The van der Waals surface area contributed by atoms with Gasteiger partial charge in [0.15, 0.2) is 0 Å². The molecule has 2 atom stereocenters. The molecule has 0 spiro atoms. The molecule has 0 aromatic heterocycles. The standard InChI is InChI=1S/C20H30N2O2/c1-13(2)10-21-19(23)18-12-22(20(24)14(3)4)11-17(18)16-9-7-6-8-15(16)5/h6-9,13-14,17-18H,10-12H2,1-5H3,(H,21,23)/t17-,18+/m1/s1. The van der Waals surface area contributed by atoms with Crippen LogP contribution in [0.2, 0.25) is 0 Å². The molecule has 1 aliphatic rings.